The second kappa shape index (κ2) is 7.73. The van der Waals surface area contributed by atoms with Crippen LogP contribution in [0.5, 0.6) is 5.75 Å². The fourth-order valence-corrected chi connectivity index (χ4v) is 2.01. The van der Waals surface area contributed by atoms with Gasteiger partial charge in [0, 0.05) is 19.2 Å². The minimum atomic E-state index is -0.830. The SMILES string of the molecule is COc1ccnc(C(=O)NCCCCC(=O)O)c1Br. The van der Waals surface area contributed by atoms with Crippen LogP contribution in [0.2, 0.25) is 0 Å². The molecule has 1 aromatic heterocycles. The van der Waals surface area contributed by atoms with E-state index >= 15 is 0 Å². The zero-order valence-electron chi connectivity index (χ0n) is 10.5. The third kappa shape index (κ3) is 4.86. The number of ether oxygens (including phenoxy) is 1. The van der Waals surface area contributed by atoms with Crippen molar-refractivity contribution in [3.63, 3.8) is 0 Å². The summed E-state index contributed by atoms with van der Waals surface area (Å²) in [7, 11) is 1.51. The summed E-state index contributed by atoms with van der Waals surface area (Å²) in [6.07, 6.45) is 2.74. The van der Waals surface area contributed by atoms with E-state index in [-0.39, 0.29) is 18.0 Å². The van der Waals surface area contributed by atoms with Gasteiger partial charge in [-0.15, -0.1) is 0 Å². The van der Waals surface area contributed by atoms with E-state index < -0.39 is 5.97 Å². The summed E-state index contributed by atoms with van der Waals surface area (Å²) in [5, 5.41) is 11.2. The Bertz CT molecular complexity index is 465. The molecule has 0 aliphatic rings. The number of methoxy groups -OCH3 is 1. The van der Waals surface area contributed by atoms with E-state index in [1.807, 2.05) is 0 Å². The Morgan fingerprint density at radius 2 is 2.21 bits per heavy atom. The molecule has 1 aromatic rings. The summed E-state index contributed by atoms with van der Waals surface area (Å²) in [5.41, 5.74) is 0.248. The van der Waals surface area contributed by atoms with Crippen molar-refractivity contribution < 1.29 is 19.4 Å². The van der Waals surface area contributed by atoms with E-state index in [4.69, 9.17) is 9.84 Å². The summed E-state index contributed by atoms with van der Waals surface area (Å²) in [6, 6.07) is 1.65. The minimum absolute atomic E-state index is 0.108. The normalized spacial score (nSPS) is 10.0. The first-order valence-corrected chi connectivity index (χ1v) is 6.54. The Labute approximate surface area is 119 Å². The van der Waals surface area contributed by atoms with Gasteiger partial charge in [-0.25, -0.2) is 4.98 Å². The predicted octanol–water partition coefficient (Wildman–Crippen LogP) is 1.84. The molecule has 1 amide bonds. The molecule has 1 heterocycles. The second-order valence-electron chi connectivity index (χ2n) is 3.78. The van der Waals surface area contributed by atoms with E-state index in [1.165, 1.54) is 13.3 Å². The number of carbonyl (C=O) groups is 2. The molecule has 0 unspecified atom stereocenters. The lowest BCUT2D eigenvalue weighted by Crippen LogP contribution is -2.26. The van der Waals surface area contributed by atoms with Crippen LogP contribution in [0.4, 0.5) is 0 Å². The van der Waals surface area contributed by atoms with Crippen molar-refractivity contribution in [1.29, 1.82) is 0 Å². The molecule has 1 rings (SSSR count). The number of carboxylic acids is 1. The molecular weight excluding hydrogens is 316 g/mol. The van der Waals surface area contributed by atoms with Gasteiger partial charge in [0.2, 0.25) is 0 Å². The van der Waals surface area contributed by atoms with Gasteiger partial charge in [-0.1, -0.05) is 0 Å². The van der Waals surface area contributed by atoms with Crippen LogP contribution in [0.3, 0.4) is 0 Å². The maximum absolute atomic E-state index is 11.9. The van der Waals surface area contributed by atoms with Crippen LogP contribution < -0.4 is 10.1 Å². The van der Waals surface area contributed by atoms with Gasteiger partial charge in [-0.05, 0) is 34.8 Å². The van der Waals surface area contributed by atoms with E-state index in [0.29, 0.717) is 29.6 Å². The number of pyridine rings is 1. The summed E-state index contributed by atoms with van der Waals surface area (Å²) in [6.45, 7) is 0.414. The van der Waals surface area contributed by atoms with E-state index in [2.05, 4.69) is 26.2 Å². The zero-order valence-corrected chi connectivity index (χ0v) is 12.1. The van der Waals surface area contributed by atoms with Crippen molar-refractivity contribution in [2.24, 2.45) is 0 Å². The van der Waals surface area contributed by atoms with Crippen LogP contribution in [0.15, 0.2) is 16.7 Å². The highest BCUT2D eigenvalue weighted by atomic mass is 79.9. The third-order valence-electron chi connectivity index (χ3n) is 2.39. The van der Waals surface area contributed by atoms with E-state index in [1.54, 1.807) is 6.07 Å². The van der Waals surface area contributed by atoms with Gasteiger partial charge in [0.15, 0.2) is 0 Å². The van der Waals surface area contributed by atoms with Gasteiger partial charge in [0.25, 0.3) is 5.91 Å². The molecule has 6 nitrogen and oxygen atoms in total. The van der Waals surface area contributed by atoms with E-state index in [9.17, 15) is 9.59 Å². The molecule has 0 atom stereocenters. The number of nitrogens with zero attached hydrogens (tertiary/aromatic N) is 1. The molecule has 0 bridgehead atoms. The van der Waals surface area contributed by atoms with Crippen LogP contribution in [-0.4, -0.2) is 35.6 Å². The fraction of sp³-hybridized carbons (Fsp3) is 0.417. The molecule has 104 valence electrons. The first-order valence-electron chi connectivity index (χ1n) is 5.74. The zero-order chi connectivity index (χ0) is 14.3. The van der Waals surface area contributed by atoms with Gasteiger partial charge in [0.1, 0.15) is 11.4 Å². The molecule has 0 saturated heterocycles. The number of rotatable bonds is 7. The number of aromatic nitrogens is 1. The quantitative estimate of drug-likeness (QED) is 0.744. The predicted molar refractivity (Wildman–Crippen MR) is 72.3 cm³/mol. The largest absolute Gasteiger partial charge is 0.495 e. The highest BCUT2D eigenvalue weighted by Gasteiger charge is 2.14. The Kier molecular flexibility index (Phi) is 6.27. The first kappa shape index (κ1) is 15.4. The van der Waals surface area contributed by atoms with Gasteiger partial charge < -0.3 is 15.2 Å². The molecule has 0 spiro atoms. The van der Waals surface area contributed by atoms with Crippen LogP contribution in [0.25, 0.3) is 0 Å². The van der Waals surface area contributed by atoms with Crippen molar-refractivity contribution in [1.82, 2.24) is 10.3 Å². The van der Waals surface area contributed by atoms with Crippen LogP contribution in [-0.2, 0) is 4.79 Å². The average Bonchev–Trinajstić information content (AvgIpc) is 2.38. The van der Waals surface area contributed by atoms with Crippen molar-refractivity contribution >= 4 is 27.8 Å². The third-order valence-corrected chi connectivity index (χ3v) is 3.16. The van der Waals surface area contributed by atoms with Crippen LogP contribution >= 0.6 is 15.9 Å². The molecule has 0 aromatic carbocycles. The van der Waals surface area contributed by atoms with Gasteiger partial charge in [-0.2, -0.15) is 0 Å². The Balaban J connectivity index is 2.48. The number of hydrogen-bond acceptors (Lipinski definition) is 4. The molecule has 0 aliphatic carbocycles. The second-order valence-corrected chi connectivity index (χ2v) is 4.58. The van der Waals surface area contributed by atoms with Crippen LogP contribution in [0.1, 0.15) is 29.8 Å². The summed E-state index contributed by atoms with van der Waals surface area (Å²) in [5.74, 6) is -0.615. The number of halogens is 1. The Morgan fingerprint density at radius 1 is 1.47 bits per heavy atom. The number of amides is 1. The van der Waals surface area contributed by atoms with Crippen molar-refractivity contribution in [3.05, 3.63) is 22.4 Å². The Morgan fingerprint density at radius 3 is 2.84 bits per heavy atom. The number of nitrogens with one attached hydrogen (secondary N) is 1. The standard InChI is InChI=1S/C12H15BrN2O4/c1-19-8-5-7-14-11(10(8)13)12(18)15-6-3-2-4-9(16)17/h5,7H,2-4,6H2,1H3,(H,15,18)(H,16,17). The molecule has 7 heteroatoms. The monoisotopic (exact) mass is 330 g/mol. The highest BCUT2D eigenvalue weighted by Crippen LogP contribution is 2.26. The lowest BCUT2D eigenvalue weighted by atomic mass is 10.2. The Hall–Kier alpha value is -1.63. The number of hydrogen-bond donors (Lipinski definition) is 2. The summed E-state index contributed by atoms with van der Waals surface area (Å²) >= 11 is 3.26. The van der Waals surface area contributed by atoms with Gasteiger partial charge in [-0.3, -0.25) is 9.59 Å². The molecule has 19 heavy (non-hydrogen) atoms. The summed E-state index contributed by atoms with van der Waals surface area (Å²) < 4.78 is 5.57. The minimum Gasteiger partial charge on any atom is -0.495 e. The van der Waals surface area contributed by atoms with Crippen LogP contribution in [0, 0.1) is 0 Å². The average molecular weight is 331 g/mol. The molecule has 0 saturated carbocycles. The van der Waals surface area contributed by atoms with Crippen molar-refractivity contribution in [2.45, 2.75) is 19.3 Å². The topological polar surface area (TPSA) is 88.5 Å². The maximum atomic E-state index is 11.9. The first-order chi connectivity index (χ1) is 9.06. The van der Waals surface area contributed by atoms with Gasteiger partial charge in [0.05, 0.1) is 11.6 Å². The molecule has 0 aliphatic heterocycles. The number of unbranched alkanes of at least 4 members (excludes halogenated alkanes) is 1. The number of carbonyl (C=O) groups excluding carboxylic acids is 1. The molecular formula is C12H15BrN2O4. The molecule has 0 radical (unpaired) electrons. The number of carboxylic acid groups (broad SMARTS) is 1. The number of aliphatic carboxylic acids is 1. The van der Waals surface area contributed by atoms with Crippen molar-refractivity contribution in [3.8, 4) is 5.75 Å². The smallest absolute Gasteiger partial charge is 0.303 e. The molecule has 0 fully saturated rings. The fourth-order valence-electron chi connectivity index (χ4n) is 1.43. The lowest BCUT2D eigenvalue weighted by Gasteiger charge is -2.08. The lowest BCUT2D eigenvalue weighted by molar-refractivity contribution is -0.137. The van der Waals surface area contributed by atoms with Gasteiger partial charge >= 0.3 is 5.97 Å². The maximum Gasteiger partial charge on any atom is 0.303 e. The summed E-state index contributed by atoms with van der Waals surface area (Å²) in [4.78, 5) is 26.2. The van der Waals surface area contributed by atoms with E-state index in [0.717, 1.165) is 0 Å². The molecule has 2 N–H and O–H groups in total. The highest BCUT2D eigenvalue weighted by molar-refractivity contribution is 9.10. The van der Waals surface area contributed by atoms with Crippen molar-refractivity contribution in [2.75, 3.05) is 13.7 Å².